The first-order chi connectivity index (χ1) is 12.3. The van der Waals surface area contributed by atoms with Crippen LogP contribution in [0.1, 0.15) is 44.9 Å². The Morgan fingerprint density at radius 3 is 2.88 bits per heavy atom. The molecule has 1 aliphatic carbocycles. The number of fused-ring (bicyclic) bond motifs is 1. The van der Waals surface area contributed by atoms with E-state index in [-0.39, 0.29) is 0 Å². The maximum atomic E-state index is 4.71. The van der Waals surface area contributed by atoms with Crippen LogP contribution in [0.15, 0.2) is 40.9 Å². The van der Waals surface area contributed by atoms with Gasteiger partial charge in [0.05, 0.1) is 11.0 Å². The Morgan fingerprint density at radius 2 is 2.12 bits per heavy atom. The molecule has 0 spiro atoms. The van der Waals surface area contributed by atoms with E-state index in [1.54, 1.807) is 5.57 Å². The molecule has 0 amide bonds. The van der Waals surface area contributed by atoms with Gasteiger partial charge < -0.3 is 15.2 Å². The van der Waals surface area contributed by atoms with Gasteiger partial charge in [-0.2, -0.15) is 0 Å². The number of nitrogens with zero attached hydrogens (tertiary/aromatic N) is 3. The molecule has 1 aromatic heterocycles. The highest BCUT2D eigenvalue weighted by Crippen LogP contribution is 2.19. The van der Waals surface area contributed by atoms with Gasteiger partial charge in [0.15, 0.2) is 5.96 Å². The van der Waals surface area contributed by atoms with Gasteiger partial charge in [-0.25, -0.2) is 9.98 Å². The molecule has 1 aromatic carbocycles. The molecule has 0 radical (unpaired) electrons. The number of imidazole rings is 1. The summed E-state index contributed by atoms with van der Waals surface area (Å²) in [5.74, 6) is 1.85. The molecular formula is C20H29N5. The maximum absolute atomic E-state index is 4.71. The van der Waals surface area contributed by atoms with E-state index in [9.17, 15) is 0 Å². The zero-order valence-corrected chi connectivity index (χ0v) is 15.4. The minimum Gasteiger partial charge on any atom is -0.357 e. The van der Waals surface area contributed by atoms with E-state index >= 15 is 0 Å². The summed E-state index contributed by atoms with van der Waals surface area (Å²) in [6, 6.07) is 8.21. The number of aliphatic imine (C=N–C) groups is 1. The van der Waals surface area contributed by atoms with Crippen LogP contribution in [0, 0.1) is 0 Å². The van der Waals surface area contributed by atoms with Crippen molar-refractivity contribution in [2.75, 3.05) is 13.1 Å². The fourth-order valence-electron chi connectivity index (χ4n) is 3.30. The van der Waals surface area contributed by atoms with Gasteiger partial charge in [-0.3, -0.25) is 0 Å². The van der Waals surface area contributed by atoms with Crippen molar-refractivity contribution in [2.45, 2.75) is 45.6 Å². The molecular weight excluding hydrogens is 310 g/mol. The fraction of sp³-hybridized carbons (Fsp3) is 0.500. The molecule has 2 aromatic rings. The zero-order valence-electron chi connectivity index (χ0n) is 15.4. The van der Waals surface area contributed by atoms with Crippen molar-refractivity contribution in [3.8, 4) is 0 Å². The number of hydrogen-bond donors (Lipinski definition) is 2. The number of para-hydroxylation sites is 2. The second-order valence-electron chi connectivity index (χ2n) is 6.56. The number of hydrogen-bond acceptors (Lipinski definition) is 2. The van der Waals surface area contributed by atoms with Crippen LogP contribution in [-0.2, 0) is 13.6 Å². The average Bonchev–Trinajstić information content (AvgIpc) is 2.97. The number of benzene rings is 1. The summed E-state index contributed by atoms with van der Waals surface area (Å²) in [6.45, 7) is 4.45. The molecule has 1 aliphatic rings. The number of guanidine groups is 1. The molecule has 0 fully saturated rings. The Morgan fingerprint density at radius 1 is 1.24 bits per heavy atom. The first kappa shape index (κ1) is 17.5. The standard InChI is InChI=1S/C20H29N5/c1-3-21-20(22-14-13-16-9-5-4-6-10-16)23-15-19-24-17-11-7-8-12-18(17)25(19)2/h7-9,11-12H,3-6,10,13-15H2,1-2H3,(H2,21,22,23). The van der Waals surface area contributed by atoms with E-state index in [4.69, 9.17) is 4.99 Å². The van der Waals surface area contributed by atoms with Crippen LogP contribution in [0.4, 0.5) is 0 Å². The van der Waals surface area contributed by atoms with Crippen LogP contribution in [0.25, 0.3) is 11.0 Å². The molecule has 0 atom stereocenters. The lowest BCUT2D eigenvalue weighted by Crippen LogP contribution is -2.38. The molecule has 0 aliphatic heterocycles. The second kappa shape index (κ2) is 8.70. The van der Waals surface area contributed by atoms with E-state index < -0.39 is 0 Å². The van der Waals surface area contributed by atoms with Crippen molar-refractivity contribution in [2.24, 2.45) is 12.0 Å². The van der Waals surface area contributed by atoms with E-state index in [1.807, 2.05) is 18.2 Å². The number of nitrogens with one attached hydrogen (secondary N) is 2. The molecule has 25 heavy (non-hydrogen) atoms. The third-order valence-corrected chi connectivity index (χ3v) is 4.73. The molecule has 3 rings (SSSR count). The van der Waals surface area contributed by atoms with Gasteiger partial charge in [-0.15, -0.1) is 0 Å². The van der Waals surface area contributed by atoms with E-state index in [1.165, 1.54) is 25.7 Å². The van der Waals surface area contributed by atoms with Crippen molar-refractivity contribution in [1.29, 1.82) is 0 Å². The van der Waals surface area contributed by atoms with Gasteiger partial charge >= 0.3 is 0 Å². The third kappa shape index (κ3) is 4.62. The molecule has 0 saturated carbocycles. The van der Waals surface area contributed by atoms with Crippen molar-refractivity contribution < 1.29 is 0 Å². The number of aryl methyl sites for hydroxylation is 1. The molecule has 0 bridgehead atoms. The molecule has 134 valence electrons. The highest BCUT2D eigenvalue weighted by Gasteiger charge is 2.07. The summed E-state index contributed by atoms with van der Waals surface area (Å²) in [4.78, 5) is 9.40. The van der Waals surface area contributed by atoms with Crippen molar-refractivity contribution in [3.63, 3.8) is 0 Å². The lowest BCUT2D eigenvalue weighted by Gasteiger charge is -2.15. The summed E-state index contributed by atoms with van der Waals surface area (Å²) in [6.07, 6.45) is 8.71. The Labute approximate surface area is 150 Å². The second-order valence-corrected chi connectivity index (χ2v) is 6.56. The largest absolute Gasteiger partial charge is 0.357 e. The predicted octanol–water partition coefficient (Wildman–Crippen LogP) is 3.52. The first-order valence-electron chi connectivity index (χ1n) is 9.38. The topological polar surface area (TPSA) is 54.2 Å². The first-order valence-corrected chi connectivity index (χ1v) is 9.38. The van der Waals surface area contributed by atoms with Crippen LogP contribution in [0.3, 0.4) is 0 Å². The molecule has 0 unspecified atom stereocenters. The minimum absolute atomic E-state index is 0.573. The van der Waals surface area contributed by atoms with Crippen LogP contribution in [0.2, 0.25) is 0 Å². The monoisotopic (exact) mass is 339 g/mol. The summed E-state index contributed by atoms with van der Waals surface area (Å²) >= 11 is 0. The fourth-order valence-corrected chi connectivity index (χ4v) is 3.30. The van der Waals surface area contributed by atoms with Gasteiger partial charge in [0.1, 0.15) is 12.4 Å². The lowest BCUT2D eigenvalue weighted by atomic mass is 9.97. The predicted molar refractivity (Wildman–Crippen MR) is 105 cm³/mol. The average molecular weight is 339 g/mol. The Balaban J connectivity index is 1.60. The number of allylic oxidation sites excluding steroid dienone is 1. The Kier molecular flexibility index (Phi) is 6.09. The quantitative estimate of drug-likeness (QED) is 0.481. The van der Waals surface area contributed by atoms with Crippen molar-refractivity contribution in [1.82, 2.24) is 20.2 Å². The van der Waals surface area contributed by atoms with Crippen LogP contribution in [0.5, 0.6) is 0 Å². The molecule has 0 saturated heterocycles. The van der Waals surface area contributed by atoms with Crippen molar-refractivity contribution >= 4 is 17.0 Å². The summed E-state index contributed by atoms with van der Waals surface area (Å²) in [5, 5.41) is 6.78. The molecule has 5 nitrogen and oxygen atoms in total. The highest BCUT2D eigenvalue weighted by atomic mass is 15.2. The molecule has 5 heteroatoms. The summed E-state index contributed by atoms with van der Waals surface area (Å²) < 4.78 is 2.12. The van der Waals surface area contributed by atoms with Crippen LogP contribution >= 0.6 is 0 Å². The van der Waals surface area contributed by atoms with E-state index in [0.717, 1.165) is 42.3 Å². The molecule has 2 N–H and O–H groups in total. The Bertz CT molecular complexity index is 757. The summed E-state index contributed by atoms with van der Waals surface area (Å²) in [7, 11) is 2.05. The zero-order chi connectivity index (χ0) is 17.5. The van der Waals surface area contributed by atoms with Gasteiger partial charge in [0.25, 0.3) is 0 Å². The van der Waals surface area contributed by atoms with Gasteiger partial charge in [-0.05, 0) is 51.2 Å². The van der Waals surface area contributed by atoms with Gasteiger partial charge in [0, 0.05) is 20.1 Å². The minimum atomic E-state index is 0.573. The van der Waals surface area contributed by atoms with Crippen molar-refractivity contribution in [3.05, 3.63) is 41.7 Å². The third-order valence-electron chi connectivity index (χ3n) is 4.73. The van der Waals surface area contributed by atoms with Gasteiger partial charge in [-0.1, -0.05) is 23.8 Å². The van der Waals surface area contributed by atoms with E-state index in [0.29, 0.717) is 6.54 Å². The van der Waals surface area contributed by atoms with Crippen LogP contribution in [-0.4, -0.2) is 28.6 Å². The van der Waals surface area contributed by atoms with E-state index in [2.05, 4.69) is 46.3 Å². The molecule has 1 heterocycles. The van der Waals surface area contributed by atoms with Crippen LogP contribution < -0.4 is 10.6 Å². The highest BCUT2D eigenvalue weighted by molar-refractivity contribution is 5.80. The normalized spacial score (nSPS) is 15.3. The number of aromatic nitrogens is 2. The SMILES string of the molecule is CCNC(=NCc1nc2ccccc2n1C)NCCC1=CCCCC1. The van der Waals surface area contributed by atoms with Gasteiger partial charge in [0.2, 0.25) is 0 Å². The smallest absolute Gasteiger partial charge is 0.191 e. The Hall–Kier alpha value is -2.30. The summed E-state index contributed by atoms with van der Waals surface area (Å²) in [5.41, 5.74) is 3.76. The lowest BCUT2D eigenvalue weighted by molar-refractivity contribution is 0.665. The number of rotatable bonds is 6. The maximum Gasteiger partial charge on any atom is 0.191 e.